The quantitative estimate of drug-likeness (QED) is 0.472. The molecule has 152 valence electrons. The fourth-order valence-corrected chi connectivity index (χ4v) is 3.62. The minimum Gasteiger partial charge on any atom is -0.479 e. The summed E-state index contributed by atoms with van der Waals surface area (Å²) in [4.78, 5) is 16.3. The van der Waals surface area contributed by atoms with Gasteiger partial charge in [-0.25, -0.2) is 19.3 Å². The van der Waals surface area contributed by atoms with Crippen molar-refractivity contribution in [3.63, 3.8) is 0 Å². The van der Waals surface area contributed by atoms with Crippen LogP contribution in [0, 0.1) is 5.82 Å². The Morgan fingerprint density at radius 1 is 1.10 bits per heavy atom. The summed E-state index contributed by atoms with van der Waals surface area (Å²) in [5.41, 5.74) is 5.33. The number of aromatic nitrogens is 4. The molecule has 0 bridgehead atoms. The highest BCUT2D eigenvalue weighted by molar-refractivity contribution is 5.80. The highest BCUT2D eigenvalue weighted by atomic mass is 19.1. The predicted octanol–water partition coefficient (Wildman–Crippen LogP) is 4.58. The first-order valence-corrected chi connectivity index (χ1v) is 10.0. The average Bonchev–Trinajstić information content (AvgIpc) is 3.55. The van der Waals surface area contributed by atoms with Crippen LogP contribution >= 0.6 is 0 Å². The number of hydrogen-bond acceptors (Lipinski definition) is 5. The molecule has 30 heavy (non-hydrogen) atoms. The normalized spacial score (nSPS) is 13.5. The third kappa shape index (κ3) is 3.83. The largest absolute Gasteiger partial charge is 0.479 e. The van der Waals surface area contributed by atoms with E-state index in [-0.39, 0.29) is 5.88 Å². The summed E-state index contributed by atoms with van der Waals surface area (Å²) in [5, 5.41) is 4.38. The van der Waals surface area contributed by atoms with Crippen LogP contribution in [-0.4, -0.2) is 27.0 Å². The minimum absolute atomic E-state index is 0.00189. The number of methoxy groups -OCH3 is 1. The number of halogens is 1. The molecule has 0 atom stereocenters. The van der Waals surface area contributed by atoms with E-state index in [1.54, 1.807) is 6.20 Å². The van der Waals surface area contributed by atoms with Crippen LogP contribution in [0.3, 0.4) is 0 Å². The predicted molar refractivity (Wildman–Crippen MR) is 113 cm³/mol. The molecule has 0 spiro atoms. The van der Waals surface area contributed by atoms with Gasteiger partial charge in [0, 0.05) is 43.1 Å². The van der Waals surface area contributed by atoms with E-state index >= 15 is 0 Å². The number of H-pyrrole nitrogens is 1. The van der Waals surface area contributed by atoms with Crippen molar-refractivity contribution in [2.24, 2.45) is 0 Å². The van der Waals surface area contributed by atoms with E-state index in [2.05, 4.69) is 37.4 Å². The molecule has 0 radical (unpaired) electrons. The Bertz CT molecular complexity index is 1180. The van der Waals surface area contributed by atoms with Gasteiger partial charge in [0.25, 0.3) is 0 Å². The van der Waals surface area contributed by atoms with Crippen LogP contribution in [-0.2, 0) is 13.0 Å². The van der Waals surface area contributed by atoms with Crippen molar-refractivity contribution in [2.75, 3.05) is 12.4 Å². The molecule has 4 aromatic rings. The maximum absolute atomic E-state index is 13.8. The second-order valence-corrected chi connectivity index (χ2v) is 7.67. The molecular weight excluding hydrogens is 381 g/mol. The molecular formula is C23H22FN5O. The Morgan fingerprint density at radius 3 is 2.70 bits per heavy atom. The Balaban J connectivity index is 1.26. The zero-order chi connectivity index (χ0) is 20.5. The zero-order valence-electron chi connectivity index (χ0n) is 16.7. The summed E-state index contributed by atoms with van der Waals surface area (Å²) in [5.74, 6) is 0.939. The van der Waals surface area contributed by atoms with Crippen molar-refractivity contribution in [2.45, 2.75) is 31.7 Å². The van der Waals surface area contributed by atoms with Crippen LogP contribution in [0.25, 0.3) is 11.0 Å². The molecule has 2 N–H and O–H groups in total. The van der Waals surface area contributed by atoms with Gasteiger partial charge in [-0.05, 0) is 59.2 Å². The topological polar surface area (TPSA) is 75.7 Å². The molecule has 1 fully saturated rings. The van der Waals surface area contributed by atoms with E-state index in [1.807, 2.05) is 24.7 Å². The molecule has 7 heteroatoms. The molecule has 0 aromatic carbocycles. The van der Waals surface area contributed by atoms with Gasteiger partial charge in [-0.3, -0.25) is 0 Å². The Kier molecular flexibility index (Phi) is 4.78. The third-order valence-corrected chi connectivity index (χ3v) is 5.44. The summed E-state index contributed by atoms with van der Waals surface area (Å²) in [6.07, 6.45) is 10.8. The van der Waals surface area contributed by atoms with Crippen LogP contribution in [0.2, 0.25) is 0 Å². The van der Waals surface area contributed by atoms with E-state index in [1.165, 1.54) is 42.5 Å². The lowest BCUT2D eigenvalue weighted by atomic mass is 10.0. The minimum atomic E-state index is -0.474. The first-order valence-electron chi connectivity index (χ1n) is 10.0. The van der Waals surface area contributed by atoms with E-state index < -0.39 is 5.82 Å². The van der Waals surface area contributed by atoms with Crippen LogP contribution in [0.4, 0.5) is 10.2 Å². The number of aromatic amines is 1. The molecule has 0 saturated heterocycles. The third-order valence-electron chi connectivity index (χ3n) is 5.44. The molecule has 1 aliphatic rings. The molecule has 0 unspecified atom stereocenters. The molecule has 4 heterocycles. The SMILES string of the molecule is COc1ncc(CNc2ccc(Cc3c[nH]c4ncc(C5CC5)cc34)cn2)cc1F. The lowest BCUT2D eigenvalue weighted by Crippen LogP contribution is -2.03. The first-order chi connectivity index (χ1) is 14.7. The number of hydrogen-bond donors (Lipinski definition) is 2. The summed E-state index contributed by atoms with van der Waals surface area (Å²) in [6.45, 7) is 0.429. The molecule has 6 nitrogen and oxygen atoms in total. The maximum atomic E-state index is 13.8. The molecule has 4 aromatic heterocycles. The summed E-state index contributed by atoms with van der Waals surface area (Å²) in [7, 11) is 1.40. The fraction of sp³-hybridized carbons (Fsp3) is 0.261. The first kappa shape index (κ1) is 18.5. The maximum Gasteiger partial charge on any atom is 0.250 e. The van der Waals surface area contributed by atoms with Crippen molar-refractivity contribution in [3.05, 3.63) is 77.1 Å². The van der Waals surface area contributed by atoms with Gasteiger partial charge in [-0.15, -0.1) is 0 Å². The van der Waals surface area contributed by atoms with Gasteiger partial charge in [0.1, 0.15) is 11.5 Å². The van der Waals surface area contributed by atoms with Gasteiger partial charge in [0.2, 0.25) is 5.88 Å². The molecule has 0 amide bonds. The Morgan fingerprint density at radius 2 is 1.97 bits per heavy atom. The van der Waals surface area contributed by atoms with Gasteiger partial charge in [0.05, 0.1) is 7.11 Å². The second kappa shape index (κ2) is 7.74. The van der Waals surface area contributed by atoms with Gasteiger partial charge >= 0.3 is 0 Å². The van der Waals surface area contributed by atoms with Crippen LogP contribution in [0.5, 0.6) is 5.88 Å². The highest BCUT2D eigenvalue weighted by Gasteiger charge is 2.24. The number of nitrogens with one attached hydrogen (secondary N) is 2. The van der Waals surface area contributed by atoms with E-state index in [0.29, 0.717) is 12.5 Å². The average molecular weight is 403 g/mol. The molecule has 1 saturated carbocycles. The van der Waals surface area contributed by atoms with E-state index in [4.69, 9.17) is 4.74 Å². The van der Waals surface area contributed by atoms with Crippen molar-refractivity contribution >= 4 is 16.9 Å². The number of pyridine rings is 3. The standard InChI is InChI=1S/C23H22FN5O/c1-30-23-20(24)7-15(11-29-23)10-26-21-5-2-14(9-25-21)6-18-13-28-22-19(18)8-17(12-27-22)16-3-4-16/h2,5,7-9,11-13,16H,3-4,6,10H2,1H3,(H,25,26)(H,27,28). The van der Waals surface area contributed by atoms with Crippen molar-refractivity contribution < 1.29 is 9.13 Å². The summed E-state index contributed by atoms with van der Waals surface area (Å²) < 4.78 is 18.6. The van der Waals surface area contributed by atoms with Crippen LogP contribution in [0.1, 0.15) is 41.0 Å². The van der Waals surface area contributed by atoms with Gasteiger partial charge in [0.15, 0.2) is 5.82 Å². The fourth-order valence-electron chi connectivity index (χ4n) is 3.62. The number of anilines is 1. The summed E-state index contributed by atoms with van der Waals surface area (Å²) >= 11 is 0. The Labute approximate surface area is 173 Å². The van der Waals surface area contributed by atoms with Crippen molar-refractivity contribution in [1.29, 1.82) is 0 Å². The second-order valence-electron chi connectivity index (χ2n) is 7.67. The number of fused-ring (bicyclic) bond motifs is 1. The van der Waals surface area contributed by atoms with E-state index in [0.717, 1.165) is 29.0 Å². The van der Waals surface area contributed by atoms with Crippen LogP contribution in [0.15, 0.2) is 49.1 Å². The lowest BCUT2D eigenvalue weighted by Gasteiger charge is -2.08. The monoisotopic (exact) mass is 403 g/mol. The zero-order valence-corrected chi connectivity index (χ0v) is 16.7. The number of rotatable bonds is 7. The van der Waals surface area contributed by atoms with Crippen LogP contribution < -0.4 is 10.1 Å². The molecule has 0 aliphatic heterocycles. The lowest BCUT2D eigenvalue weighted by molar-refractivity contribution is 0.368. The molecule has 5 rings (SSSR count). The summed E-state index contributed by atoms with van der Waals surface area (Å²) in [6, 6.07) is 7.68. The Hall–Kier alpha value is -3.48. The van der Waals surface area contributed by atoms with Gasteiger partial charge < -0.3 is 15.0 Å². The van der Waals surface area contributed by atoms with Crippen molar-refractivity contribution in [3.8, 4) is 5.88 Å². The van der Waals surface area contributed by atoms with Gasteiger partial charge in [-0.1, -0.05) is 6.07 Å². The highest BCUT2D eigenvalue weighted by Crippen LogP contribution is 2.40. The number of nitrogens with zero attached hydrogens (tertiary/aromatic N) is 3. The smallest absolute Gasteiger partial charge is 0.250 e. The number of ether oxygens (including phenoxy) is 1. The molecule has 1 aliphatic carbocycles. The van der Waals surface area contributed by atoms with Gasteiger partial charge in [-0.2, -0.15) is 0 Å². The van der Waals surface area contributed by atoms with E-state index in [9.17, 15) is 4.39 Å². The van der Waals surface area contributed by atoms with Crippen molar-refractivity contribution in [1.82, 2.24) is 19.9 Å².